The van der Waals surface area contributed by atoms with Crippen LogP contribution in [0.1, 0.15) is 34.1 Å². The minimum absolute atomic E-state index is 0.123. The lowest BCUT2D eigenvalue weighted by Gasteiger charge is -2.35. The highest BCUT2D eigenvalue weighted by Crippen LogP contribution is 2.40. The molecule has 0 aromatic carbocycles. The summed E-state index contributed by atoms with van der Waals surface area (Å²) in [5.41, 5.74) is 0. The molecule has 2 fully saturated rings. The third-order valence-electron chi connectivity index (χ3n) is 4.49. The van der Waals surface area contributed by atoms with Crippen molar-refractivity contribution in [2.45, 2.75) is 40.2 Å². The van der Waals surface area contributed by atoms with E-state index >= 15 is 0 Å². The predicted octanol–water partition coefficient (Wildman–Crippen LogP) is 1.44. The van der Waals surface area contributed by atoms with Gasteiger partial charge < -0.3 is 10.0 Å². The zero-order valence-electron chi connectivity index (χ0n) is 13.4. The number of carbonyl (C=O) groups excluding carboxylic acids is 1. The van der Waals surface area contributed by atoms with Crippen molar-refractivity contribution in [1.82, 2.24) is 9.80 Å². The van der Waals surface area contributed by atoms with Gasteiger partial charge in [-0.25, -0.2) is 0 Å². The third kappa shape index (κ3) is 3.73. The van der Waals surface area contributed by atoms with Gasteiger partial charge in [0.15, 0.2) is 0 Å². The number of carbonyl (C=O) groups is 1. The Bertz CT molecular complexity index is 333. The van der Waals surface area contributed by atoms with Crippen LogP contribution < -0.4 is 0 Å². The van der Waals surface area contributed by atoms with Crippen LogP contribution in [-0.4, -0.2) is 59.6 Å². The fourth-order valence-corrected chi connectivity index (χ4v) is 3.54. The zero-order valence-corrected chi connectivity index (χ0v) is 13.4. The Morgan fingerprint density at radius 2 is 1.80 bits per heavy atom. The number of rotatable bonds is 6. The molecule has 2 rings (SSSR count). The molecule has 1 aliphatic heterocycles. The maximum Gasteiger partial charge on any atom is 0.236 e. The molecule has 3 atom stereocenters. The van der Waals surface area contributed by atoms with Crippen molar-refractivity contribution in [3.8, 4) is 0 Å². The monoisotopic (exact) mass is 282 g/mol. The fraction of sp³-hybridized carbons (Fsp3) is 0.938. The number of fused-ring (bicyclic) bond motifs is 1. The van der Waals surface area contributed by atoms with Crippen LogP contribution in [0.25, 0.3) is 0 Å². The molecule has 4 nitrogen and oxygen atoms in total. The second-order valence-corrected chi connectivity index (χ2v) is 7.51. The molecule has 0 spiro atoms. The van der Waals surface area contributed by atoms with E-state index in [1.54, 1.807) is 0 Å². The van der Waals surface area contributed by atoms with Crippen LogP contribution in [0.4, 0.5) is 0 Å². The molecule has 0 bridgehead atoms. The number of hydrogen-bond acceptors (Lipinski definition) is 3. The van der Waals surface area contributed by atoms with Gasteiger partial charge in [0.05, 0.1) is 12.6 Å². The highest BCUT2D eigenvalue weighted by molar-refractivity contribution is 5.78. The van der Waals surface area contributed by atoms with E-state index in [1.807, 2.05) is 4.90 Å². The molecule has 1 aliphatic carbocycles. The molecular weight excluding hydrogens is 252 g/mol. The van der Waals surface area contributed by atoms with Crippen molar-refractivity contribution in [3.05, 3.63) is 0 Å². The molecule has 0 unspecified atom stereocenters. The Hall–Kier alpha value is -0.610. The number of nitrogens with zero attached hydrogens (tertiary/aromatic N) is 2. The van der Waals surface area contributed by atoms with E-state index in [0.29, 0.717) is 30.2 Å². The van der Waals surface area contributed by atoms with Gasteiger partial charge in [0.25, 0.3) is 0 Å². The van der Waals surface area contributed by atoms with Crippen LogP contribution in [0, 0.1) is 23.7 Å². The van der Waals surface area contributed by atoms with Gasteiger partial charge in [0, 0.05) is 32.1 Å². The van der Waals surface area contributed by atoms with Crippen LogP contribution >= 0.6 is 0 Å². The summed E-state index contributed by atoms with van der Waals surface area (Å²) in [6.07, 6.45) is 0.805. The third-order valence-corrected chi connectivity index (χ3v) is 4.49. The quantitative estimate of drug-likeness (QED) is 0.802. The lowest BCUT2D eigenvalue weighted by Crippen LogP contribution is -2.43. The number of hydrogen-bond donors (Lipinski definition) is 1. The first-order valence-electron chi connectivity index (χ1n) is 8.05. The minimum atomic E-state index is -0.123. The Kier molecular flexibility index (Phi) is 5.08. The summed E-state index contributed by atoms with van der Waals surface area (Å²) in [5, 5.41) is 9.70. The number of likely N-dealkylation sites (tertiary alicyclic amines) is 1. The van der Waals surface area contributed by atoms with Gasteiger partial charge in [-0.2, -0.15) is 0 Å². The molecule has 0 aromatic heterocycles. The van der Waals surface area contributed by atoms with Gasteiger partial charge in [-0.1, -0.05) is 27.7 Å². The Labute approximate surface area is 123 Å². The molecule has 1 amide bonds. The Morgan fingerprint density at radius 3 is 2.25 bits per heavy atom. The van der Waals surface area contributed by atoms with E-state index in [0.717, 1.165) is 32.6 Å². The summed E-state index contributed by atoms with van der Waals surface area (Å²) in [4.78, 5) is 16.8. The van der Waals surface area contributed by atoms with Crippen molar-refractivity contribution in [1.29, 1.82) is 0 Å². The van der Waals surface area contributed by atoms with E-state index in [1.165, 1.54) is 0 Å². The highest BCUT2D eigenvalue weighted by Gasteiger charge is 2.46. The van der Waals surface area contributed by atoms with Gasteiger partial charge in [-0.3, -0.25) is 9.69 Å². The van der Waals surface area contributed by atoms with Crippen LogP contribution in [0.3, 0.4) is 0 Å². The van der Waals surface area contributed by atoms with Crippen LogP contribution in [0.2, 0.25) is 0 Å². The first-order chi connectivity index (χ1) is 9.36. The summed E-state index contributed by atoms with van der Waals surface area (Å²) in [6.45, 7) is 12.7. The Balaban J connectivity index is 1.85. The van der Waals surface area contributed by atoms with Gasteiger partial charge in [-0.05, 0) is 24.2 Å². The SMILES string of the molecule is CC(C)CN(CC(C)C)C(=O)CN1C[C@H]2C[C@@H](O)[C@H]2C1. The smallest absolute Gasteiger partial charge is 0.236 e. The molecule has 1 saturated carbocycles. The topological polar surface area (TPSA) is 43.8 Å². The van der Waals surface area contributed by atoms with E-state index in [9.17, 15) is 9.90 Å². The highest BCUT2D eigenvalue weighted by atomic mass is 16.3. The molecule has 0 radical (unpaired) electrons. The summed E-state index contributed by atoms with van der Waals surface area (Å²) < 4.78 is 0. The molecule has 20 heavy (non-hydrogen) atoms. The maximum atomic E-state index is 12.5. The minimum Gasteiger partial charge on any atom is -0.393 e. The number of aliphatic hydroxyl groups is 1. The van der Waals surface area contributed by atoms with E-state index in [-0.39, 0.29) is 12.0 Å². The fourth-order valence-electron chi connectivity index (χ4n) is 3.54. The van der Waals surface area contributed by atoms with E-state index in [2.05, 4.69) is 32.6 Å². The molecule has 4 heteroatoms. The van der Waals surface area contributed by atoms with E-state index in [4.69, 9.17) is 0 Å². The summed E-state index contributed by atoms with van der Waals surface area (Å²) in [6, 6.07) is 0. The second kappa shape index (κ2) is 6.44. The summed E-state index contributed by atoms with van der Waals surface area (Å²) in [5.74, 6) is 2.32. The Morgan fingerprint density at radius 1 is 1.20 bits per heavy atom. The first-order valence-corrected chi connectivity index (χ1v) is 8.05. The standard InChI is InChI=1S/C16H30N2O2/c1-11(2)6-18(7-12(3)4)16(20)10-17-8-13-5-15(19)14(13)9-17/h11-15,19H,5-10H2,1-4H3/t13-,14+,15-/m1/s1. The molecule has 0 aromatic rings. The first kappa shape index (κ1) is 15.8. The second-order valence-electron chi connectivity index (χ2n) is 7.51. The van der Waals surface area contributed by atoms with Crippen molar-refractivity contribution in [3.63, 3.8) is 0 Å². The molecule has 1 N–H and O–H groups in total. The van der Waals surface area contributed by atoms with Crippen LogP contribution in [0.5, 0.6) is 0 Å². The van der Waals surface area contributed by atoms with Crippen molar-refractivity contribution < 1.29 is 9.90 Å². The summed E-state index contributed by atoms with van der Waals surface area (Å²) >= 11 is 0. The van der Waals surface area contributed by atoms with Crippen LogP contribution in [-0.2, 0) is 4.79 Å². The van der Waals surface area contributed by atoms with Gasteiger partial charge in [0.2, 0.25) is 5.91 Å². The van der Waals surface area contributed by atoms with Crippen molar-refractivity contribution in [2.24, 2.45) is 23.7 Å². The zero-order chi connectivity index (χ0) is 14.9. The lowest BCUT2D eigenvalue weighted by atomic mass is 9.74. The van der Waals surface area contributed by atoms with Gasteiger partial charge in [0.1, 0.15) is 0 Å². The maximum absolute atomic E-state index is 12.5. The van der Waals surface area contributed by atoms with Crippen molar-refractivity contribution in [2.75, 3.05) is 32.7 Å². The lowest BCUT2D eigenvalue weighted by molar-refractivity contribution is -0.133. The summed E-state index contributed by atoms with van der Waals surface area (Å²) in [7, 11) is 0. The number of amides is 1. The van der Waals surface area contributed by atoms with Gasteiger partial charge in [-0.15, -0.1) is 0 Å². The average Bonchev–Trinajstić information content (AvgIpc) is 2.64. The number of aliphatic hydroxyl groups excluding tert-OH is 1. The average molecular weight is 282 g/mol. The van der Waals surface area contributed by atoms with Crippen LogP contribution in [0.15, 0.2) is 0 Å². The van der Waals surface area contributed by atoms with Gasteiger partial charge >= 0.3 is 0 Å². The predicted molar refractivity (Wildman–Crippen MR) is 80.3 cm³/mol. The molecular formula is C16H30N2O2. The van der Waals surface area contributed by atoms with E-state index < -0.39 is 0 Å². The molecule has 2 aliphatic rings. The largest absolute Gasteiger partial charge is 0.393 e. The van der Waals surface area contributed by atoms with Crippen molar-refractivity contribution >= 4 is 5.91 Å². The molecule has 1 saturated heterocycles. The molecule has 1 heterocycles. The molecule has 116 valence electrons. The normalized spacial score (nSPS) is 29.6.